The SMILES string of the molecule is CN1CCC(CNc2cn[nH]c2N)CC1. The average Bonchev–Trinajstić information content (AvgIpc) is 2.63. The van der Waals surface area contributed by atoms with E-state index in [0.29, 0.717) is 5.82 Å². The number of nitrogens with two attached hydrogens (primary N) is 1. The fraction of sp³-hybridized carbons (Fsp3) is 0.700. The molecule has 4 N–H and O–H groups in total. The van der Waals surface area contributed by atoms with Crippen LogP contribution in [0.2, 0.25) is 0 Å². The third kappa shape index (κ3) is 2.62. The molecule has 1 aromatic rings. The summed E-state index contributed by atoms with van der Waals surface area (Å²) in [5, 5.41) is 9.94. The standard InChI is InChI=1S/C10H19N5/c1-15-4-2-8(3-5-15)6-12-9-7-13-14-10(9)11/h7-8,12H,2-6H2,1H3,(H3,11,13,14). The van der Waals surface area contributed by atoms with Crippen molar-refractivity contribution in [3.63, 3.8) is 0 Å². The van der Waals surface area contributed by atoms with Crippen LogP contribution in [0.4, 0.5) is 11.5 Å². The van der Waals surface area contributed by atoms with Gasteiger partial charge in [0.2, 0.25) is 0 Å². The van der Waals surface area contributed by atoms with Crippen LogP contribution in [0.3, 0.4) is 0 Å². The molecule has 1 saturated heterocycles. The highest BCUT2D eigenvalue weighted by molar-refractivity contribution is 5.59. The highest BCUT2D eigenvalue weighted by atomic mass is 15.2. The van der Waals surface area contributed by atoms with Crippen molar-refractivity contribution in [3.8, 4) is 0 Å². The zero-order chi connectivity index (χ0) is 10.7. The average molecular weight is 209 g/mol. The molecular formula is C10H19N5. The van der Waals surface area contributed by atoms with Crippen molar-refractivity contribution in [1.29, 1.82) is 0 Å². The topological polar surface area (TPSA) is 70.0 Å². The summed E-state index contributed by atoms with van der Waals surface area (Å²) in [7, 11) is 2.18. The van der Waals surface area contributed by atoms with E-state index in [0.717, 1.165) is 18.2 Å². The number of nitrogens with zero attached hydrogens (tertiary/aromatic N) is 2. The summed E-state index contributed by atoms with van der Waals surface area (Å²) in [6, 6.07) is 0. The normalized spacial score (nSPS) is 19.3. The van der Waals surface area contributed by atoms with Gasteiger partial charge in [0.05, 0.1) is 11.9 Å². The molecule has 1 aliphatic heterocycles. The molecule has 0 bridgehead atoms. The van der Waals surface area contributed by atoms with Crippen molar-refractivity contribution >= 4 is 11.5 Å². The quantitative estimate of drug-likeness (QED) is 0.687. The lowest BCUT2D eigenvalue weighted by Gasteiger charge is -2.29. The third-order valence-corrected chi connectivity index (χ3v) is 3.09. The number of nitrogens with one attached hydrogen (secondary N) is 2. The lowest BCUT2D eigenvalue weighted by Crippen LogP contribution is -2.32. The Kier molecular flexibility index (Phi) is 3.11. The van der Waals surface area contributed by atoms with Crippen molar-refractivity contribution < 1.29 is 0 Å². The van der Waals surface area contributed by atoms with Crippen molar-refractivity contribution in [2.24, 2.45) is 5.92 Å². The van der Waals surface area contributed by atoms with E-state index < -0.39 is 0 Å². The number of H-pyrrole nitrogens is 1. The van der Waals surface area contributed by atoms with Crippen LogP contribution < -0.4 is 11.1 Å². The Bertz CT molecular complexity index is 301. The van der Waals surface area contributed by atoms with E-state index in [4.69, 9.17) is 5.73 Å². The Morgan fingerprint density at radius 1 is 1.60 bits per heavy atom. The molecule has 1 aliphatic rings. The summed E-state index contributed by atoms with van der Waals surface area (Å²) in [6.45, 7) is 3.40. The van der Waals surface area contributed by atoms with Crippen LogP contribution in [0.5, 0.6) is 0 Å². The summed E-state index contributed by atoms with van der Waals surface area (Å²) >= 11 is 0. The van der Waals surface area contributed by atoms with Crippen LogP contribution >= 0.6 is 0 Å². The zero-order valence-electron chi connectivity index (χ0n) is 9.16. The fourth-order valence-corrected chi connectivity index (χ4v) is 1.96. The van der Waals surface area contributed by atoms with Crippen LogP contribution in [-0.2, 0) is 0 Å². The predicted octanol–water partition coefficient (Wildman–Crippen LogP) is 0.746. The second-order valence-electron chi connectivity index (χ2n) is 4.32. The fourth-order valence-electron chi connectivity index (χ4n) is 1.96. The number of aromatic amines is 1. The van der Waals surface area contributed by atoms with Gasteiger partial charge in [-0.05, 0) is 38.9 Å². The molecule has 1 fully saturated rings. The molecule has 0 saturated carbocycles. The number of aromatic nitrogens is 2. The van der Waals surface area contributed by atoms with Gasteiger partial charge in [-0.25, -0.2) is 0 Å². The van der Waals surface area contributed by atoms with Crippen molar-refractivity contribution in [2.45, 2.75) is 12.8 Å². The summed E-state index contributed by atoms with van der Waals surface area (Å²) < 4.78 is 0. The van der Waals surface area contributed by atoms with Gasteiger partial charge < -0.3 is 16.0 Å². The van der Waals surface area contributed by atoms with E-state index in [9.17, 15) is 0 Å². The van der Waals surface area contributed by atoms with E-state index >= 15 is 0 Å². The number of nitrogen functional groups attached to an aromatic ring is 1. The van der Waals surface area contributed by atoms with Crippen LogP contribution in [0.1, 0.15) is 12.8 Å². The van der Waals surface area contributed by atoms with Crippen molar-refractivity contribution in [1.82, 2.24) is 15.1 Å². The maximum Gasteiger partial charge on any atom is 0.142 e. The van der Waals surface area contributed by atoms with Gasteiger partial charge in [0.1, 0.15) is 5.82 Å². The first-order valence-corrected chi connectivity index (χ1v) is 5.47. The minimum atomic E-state index is 0.628. The lowest BCUT2D eigenvalue weighted by atomic mass is 9.97. The van der Waals surface area contributed by atoms with E-state index in [2.05, 4.69) is 27.5 Å². The highest BCUT2D eigenvalue weighted by Gasteiger charge is 2.16. The summed E-state index contributed by atoms with van der Waals surface area (Å²) in [5.41, 5.74) is 6.61. The van der Waals surface area contributed by atoms with Crippen molar-refractivity contribution in [3.05, 3.63) is 6.20 Å². The molecule has 0 aromatic carbocycles. The molecule has 0 radical (unpaired) electrons. The maximum atomic E-state index is 5.69. The number of anilines is 2. The lowest BCUT2D eigenvalue weighted by molar-refractivity contribution is 0.226. The van der Waals surface area contributed by atoms with Gasteiger partial charge in [-0.1, -0.05) is 0 Å². The Morgan fingerprint density at radius 2 is 2.33 bits per heavy atom. The van der Waals surface area contributed by atoms with E-state index in [1.807, 2.05) is 0 Å². The predicted molar refractivity (Wildman–Crippen MR) is 61.7 cm³/mol. The van der Waals surface area contributed by atoms with Gasteiger partial charge in [0.15, 0.2) is 0 Å². The highest BCUT2D eigenvalue weighted by Crippen LogP contribution is 2.18. The molecule has 15 heavy (non-hydrogen) atoms. The summed E-state index contributed by atoms with van der Waals surface area (Å²) in [5.74, 6) is 1.39. The van der Waals surface area contributed by atoms with Crippen LogP contribution in [0.15, 0.2) is 6.20 Å². The molecule has 0 amide bonds. The van der Waals surface area contributed by atoms with Crippen molar-refractivity contribution in [2.75, 3.05) is 37.7 Å². The molecule has 2 heterocycles. The maximum absolute atomic E-state index is 5.69. The van der Waals surface area contributed by atoms with E-state index in [1.165, 1.54) is 25.9 Å². The Labute approximate surface area is 90.0 Å². The van der Waals surface area contributed by atoms with Gasteiger partial charge in [-0.3, -0.25) is 5.10 Å². The number of likely N-dealkylation sites (tertiary alicyclic amines) is 1. The minimum Gasteiger partial charge on any atom is -0.382 e. The molecular weight excluding hydrogens is 190 g/mol. The molecule has 0 unspecified atom stereocenters. The monoisotopic (exact) mass is 209 g/mol. The smallest absolute Gasteiger partial charge is 0.142 e. The van der Waals surface area contributed by atoms with E-state index in [-0.39, 0.29) is 0 Å². The third-order valence-electron chi connectivity index (χ3n) is 3.09. The molecule has 5 heteroatoms. The second kappa shape index (κ2) is 4.53. The number of piperidine rings is 1. The van der Waals surface area contributed by atoms with Gasteiger partial charge >= 0.3 is 0 Å². The number of hydrogen-bond donors (Lipinski definition) is 3. The Morgan fingerprint density at radius 3 is 2.93 bits per heavy atom. The largest absolute Gasteiger partial charge is 0.382 e. The first-order chi connectivity index (χ1) is 7.25. The Balaban J connectivity index is 1.77. The minimum absolute atomic E-state index is 0.628. The molecule has 2 rings (SSSR count). The molecule has 5 nitrogen and oxygen atoms in total. The van der Waals surface area contributed by atoms with Gasteiger partial charge in [-0.15, -0.1) is 0 Å². The van der Waals surface area contributed by atoms with Gasteiger partial charge in [0.25, 0.3) is 0 Å². The Hall–Kier alpha value is -1.23. The molecule has 84 valence electrons. The summed E-state index contributed by atoms with van der Waals surface area (Å²) in [4.78, 5) is 2.38. The van der Waals surface area contributed by atoms with Crippen LogP contribution in [0.25, 0.3) is 0 Å². The zero-order valence-corrected chi connectivity index (χ0v) is 9.16. The number of rotatable bonds is 3. The molecule has 0 aliphatic carbocycles. The van der Waals surface area contributed by atoms with Gasteiger partial charge in [-0.2, -0.15) is 5.10 Å². The van der Waals surface area contributed by atoms with Gasteiger partial charge in [0, 0.05) is 6.54 Å². The first-order valence-electron chi connectivity index (χ1n) is 5.47. The molecule has 0 atom stereocenters. The summed E-state index contributed by atoms with van der Waals surface area (Å²) in [6.07, 6.45) is 4.27. The molecule has 0 spiro atoms. The second-order valence-corrected chi connectivity index (χ2v) is 4.32. The molecule has 1 aromatic heterocycles. The number of hydrogen-bond acceptors (Lipinski definition) is 4. The van der Waals surface area contributed by atoms with E-state index in [1.54, 1.807) is 6.20 Å². The van der Waals surface area contributed by atoms with Crippen LogP contribution in [-0.4, -0.2) is 41.8 Å². The first kappa shape index (κ1) is 10.3. The van der Waals surface area contributed by atoms with Crippen LogP contribution in [0, 0.1) is 5.92 Å².